The van der Waals surface area contributed by atoms with Gasteiger partial charge >= 0.3 is 0 Å². The Kier molecular flexibility index (Phi) is 6.21. The van der Waals surface area contributed by atoms with Gasteiger partial charge in [0.1, 0.15) is 23.7 Å². The van der Waals surface area contributed by atoms with Crippen LogP contribution in [0, 0.1) is 22.6 Å². The molecular weight excluding hydrogens is 502 g/mol. The number of amides is 1. The topological polar surface area (TPSA) is 128 Å². The fourth-order valence-electron chi connectivity index (χ4n) is 3.19. The number of nitrogens with one attached hydrogen (secondary N) is 2. The molecule has 4 N–H and O–H groups in total. The van der Waals surface area contributed by atoms with Crippen molar-refractivity contribution < 1.29 is 13.9 Å². The van der Waals surface area contributed by atoms with Crippen LogP contribution in [0.2, 0.25) is 0 Å². The quantitative estimate of drug-likeness (QED) is 0.301. The number of benzene rings is 1. The molecule has 154 valence electrons. The molecule has 3 rings (SSSR count). The second kappa shape index (κ2) is 8.66. The number of nitrogens with two attached hydrogens (primary N) is 1. The van der Waals surface area contributed by atoms with Crippen molar-refractivity contribution in [3.8, 4) is 11.8 Å². The molecule has 0 aliphatic carbocycles. The lowest BCUT2D eigenvalue weighted by atomic mass is 9.98. The second-order valence-corrected chi connectivity index (χ2v) is 7.23. The lowest BCUT2D eigenvalue weighted by molar-refractivity contribution is 0.0810. The number of hydrogen-bond donors (Lipinski definition) is 3. The maximum atomic E-state index is 13.9. The van der Waals surface area contributed by atoms with Gasteiger partial charge in [0.25, 0.3) is 5.91 Å². The minimum absolute atomic E-state index is 0.0152. The molecule has 1 aromatic heterocycles. The van der Waals surface area contributed by atoms with Gasteiger partial charge in [-0.25, -0.2) is 9.37 Å². The lowest BCUT2D eigenvalue weighted by Crippen LogP contribution is -2.34. The summed E-state index contributed by atoms with van der Waals surface area (Å²) >= 11 is 1.80. The third-order valence-electron chi connectivity index (χ3n) is 4.66. The third-order valence-corrected chi connectivity index (χ3v) is 5.20. The first-order valence-corrected chi connectivity index (χ1v) is 9.91. The van der Waals surface area contributed by atoms with Crippen LogP contribution in [0.5, 0.6) is 5.75 Å². The molecule has 0 spiro atoms. The van der Waals surface area contributed by atoms with Gasteiger partial charge in [-0.15, -0.1) is 0 Å². The molecule has 0 unspecified atom stereocenters. The Bertz CT molecular complexity index is 1110. The van der Waals surface area contributed by atoms with E-state index in [0.717, 1.165) is 0 Å². The Balaban J connectivity index is 2.27. The molecule has 1 atom stereocenters. The summed E-state index contributed by atoms with van der Waals surface area (Å²) in [6, 6.07) is 7.43. The van der Waals surface area contributed by atoms with Crippen molar-refractivity contribution in [2.24, 2.45) is 0 Å². The number of hydrogen-bond acceptors (Lipinski definition) is 7. The summed E-state index contributed by atoms with van der Waals surface area (Å²) in [5.41, 5.74) is 7.41. The zero-order chi connectivity index (χ0) is 22.0. The van der Waals surface area contributed by atoms with Crippen LogP contribution in [0.25, 0.3) is 5.57 Å². The van der Waals surface area contributed by atoms with Gasteiger partial charge in [0, 0.05) is 35.5 Å². The number of nitrogens with zero attached hydrogens (tertiary/aromatic N) is 3. The molecule has 2 aromatic rings. The van der Waals surface area contributed by atoms with Crippen LogP contribution in [-0.4, -0.2) is 35.1 Å². The van der Waals surface area contributed by atoms with E-state index in [1.165, 1.54) is 36.3 Å². The van der Waals surface area contributed by atoms with E-state index in [2.05, 4.69) is 8.51 Å². The highest BCUT2D eigenvalue weighted by Crippen LogP contribution is 2.32. The fraction of sp³-hybridized carbons (Fsp3) is 0.200. The number of nitrogen functional groups attached to an aromatic ring is 1. The minimum Gasteiger partial charge on any atom is -0.482 e. The summed E-state index contributed by atoms with van der Waals surface area (Å²) in [5, 5.41) is 18.1. The SMILES string of the molecule is C[C@H]1Oc2cc(cnc2N)/C(=C(\C#N)NI)C(=N)CN(C)C(=O)c2ccc(F)cc21. The normalized spacial score (nSPS) is 18.4. The zero-order valence-electron chi connectivity index (χ0n) is 16.2. The maximum Gasteiger partial charge on any atom is 0.254 e. The Morgan fingerprint density at radius 1 is 1.50 bits per heavy atom. The molecule has 1 aliphatic rings. The van der Waals surface area contributed by atoms with Crippen LogP contribution in [-0.2, 0) is 0 Å². The number of fused-ring (bicyclic) bond motifs is 3. The van der Waals surface area contributed by atoms with Crippen molar-refractivity contribution >= 4 is 45.9 Å². The standard InChI is InChI=1S/C20H18FIN6O2/c1-10-14-6-12(21)3-4-13(14)20(29)28(2)9-15(24)18(16(7-23)27-22)11-5-17(30-10)19(25)26-8-11/h3-6,8,10,24,27H,9H2,1-2H3,(H2,25,26)/b18-16-,24-15?/t10-/m1/s1. The van der Waals surface area contributed by atoms with Crippen molar-refractivity contribution in [3.05, 3.63) is 58.7 Å². The van der Waals surface area contributed by atoms with Crippen molar-refractivity contribution in [2.45, 2.75) is 13.0 Å². The Morgan fingerprint density at radius 3 is 2.90 bits per heavy atom. The summed E-state index contributed by atoms with van der Waals surface area (Å²) in [6.45, 7) is 1.60. The van der Waals surface area contributed by atoms with E-state index in [1.807, 2.05) is 6.07 Å². The van der Waals surface area contributed by atoms with Gasteiger partial charge in [-0.3, -0.25) is 4.79 Å². The average Bonchev–Trinajstić information content (AvgIpc) is 2.72. The van der Waals surface area contributed by atoms with Crippen LogP contribution < -0.4 is 14.0 Å². The highest BCUT2D eigenvalue weighted by molar-refractivity contribution is 14.1. The molecule has 2 heterocycles. The Morgan fingerprint density at radius 2 is 2.23 bits per heavy atom. The number of carbonyl (C=O) groups is 1. The molecular formula is C20H18FIN6O2. The number of ether oxygens (including phenoxy) is 1. The first-order valence-electron chi connectivity index (χ1n) is 8.83. The highest BCUT2D eigenvalue weighted by atomic mass is 127. The van der Waals surface area contributed by atoms with Gasteiger partial charge < -0.3 is 24.3 Å². The smallest absolute Gasteiger partial charge is 0.254 e. The van der Waals surface area contributed by atoms with E-state index < -0.39 is 17.8 Å². The molecule has 0 saturated carbocycles. The molecule has 1 aromatic carbocycles. The molecule has 0 radical (unpaired) electrons. The average molecular weight is 520 g/mol. The summed E-state index contributed by atoms with van der Waals surface area (Å²) in [6.07, 6.45) is 0.723. The van der Waals surface area contributed by atoms with Gasteiger partial charge in [0.15, 0.2) is 11.6 Å². The van der Waals surface area contributed by atoms with E-state index >= 15 is 0 Å². The predicted molar refractivity (Wildman–Crippen MR) is 118 cm³/mol. The van der Waals surface area contributed by atoms with Crippen molar-refractivity contribution in [2.75, 3.05) is 19.3 Å². The number of nitriles is 1. The van der Waals surface area contributed by atoms with E-state index in [0.29, 0.717) is 11.1 Å². The van der Waals surface area contributed by atoms with Gasteiger partial charge in [-0.05, 0) is 31.2 Å². The minimum atomic E-state index is -0.711. The molecule has 8 nitrogen and oxygen atoms in total. The van der Waals surface area contributed by atoms with Gasteiger partial charge in [-0.2, -0.15) is 5.26 Å². The first kappa shape index (κ1) is 21.5. The molecule has 2 bridgehead atoms. The molecule has 1 aliphatic heterocycles. The van der Waals surface area contributed by atoms with Gasteiger partial charge in [0.05, 0.1) is 35.1 Å². The third kappa shape index (κ3) is 4.06. The Labute approximate surface area is 186 Å². The summed E-state index contributed by atoms with van der Waals surface area (Å²) in [7, 11) is 1.54. The number of rotatable bonds is 1. The predicted octanol–water partition coefficient (Wildman–Crippen LogP) is 3.22. The first-order chi connectivity index (χ1) is 14.3. The van der Waals surface area contributed by atoms with E-state index in [-0.39, 0.29) is 40.7 Å². The van der Waals surface area contributed by atoms with Crippen LogP contribution in [0.3, 0.4) is 0 Å². The monoisotopic (exact) mass is 520 g/mol. The van der Waals surface area contributed by atoms with E-state index in [4.69, 9.17) is 15.9 Å². The van der Waals surface area contributed by atoms with Gasteiger partial charge in [-0.1, -0.05) is 0 Å². The zero-order valence-corrected chi connectivity index (χ0v) is 18.3. The molecule has 10 heteroatoms. The molecule has 0 fully saturated rings. The van der Waals surface area contributed by atoms with Crippen LogP contribution >= 0.6 is 22.9 Å². The van der Waals surface area contributed by atoms with Crippen LogP contribution in [0.1, 0.15) is 34.5 Å². The van der Waals surface area contributed by atoms with Crippen molar-refractivity contribution in [3.63, 3.8) is 0 Å². The molecule has 1 amide bonds. The fourth-order valence-corrected chi connectivity index (χ4v) is 3.58. The number of carbonyl (C=O) groups excluding carboxylic acids is 1. The summed E-state index contributed by atoms with van der Waals surface area (Å²) < 4.78 is 22.6. The summed E-state index contributed by atoms with van der Waals surface area (Å²) in [5.74, 6) is -0.610. The second-order valence-electron chi connectivity index (χ2n) is 6.70. The highest BCUT2D eigenvalue weighted by Gasteiger charge is 2.26. The van der Waals surface area contributed by atoms with Gasteiger partial charge in [0.2, 0.25) is 0 Å². The maximum absolute atomic E-state index is 13.9. The van der Waals surface area contributed by atoms with Crippen LogP contribution in [0.4, 0.5) is 10.2 Å². The lowest BCUT2D eigenvalue weighted by Gasteiger charge is -2.25. The van der Waals surface area contributed by atoms with E-state index in [9.17, 15) is 14.4 Å². The number of halogens is 2. The van der Waals surface area contributed by atoms with Crippen molar-refractivity contribution in [1.29, 1.82) is 10.7 Å². The largest absolute Gasteiger partial charge is 0.482 e. The number of pyridine rings is 1. The number of aromatic nitrogens is 1. The van der Waals surface area contributed by atoms with E-state index in [1.54, 1.807) is 35.9 Å². The Hall–Kier alpha value is -3.20. The number of allylic oxidation sites excluding steroid dienone is 1. The number of anilines is 1. The van der Waals surface area contributed by atoms with Crippen molar-refractivity contribution in [1.82, 2.24) is 13.4 Å². The van der Waals surface area contributed by atoms with Crippen LogP contribution in [0.15, 0.2) is 36.2 Å². The molecule has 0 saturated heterocycles. The molecule has 30 heavy (non-hydrogen) atoms. The summed E-state index contributed by atoms with van der Waals surface area (Å²) in [4.78, 5) is 18.5.